The van der Waals surface area contributed by atoms with Crippen LogP contribution < -0.4 is 5.32 Å². The second-order valence-electron chi connectivity index (χ2n) is 2.85. The molecule has 0 aliphatic heterocycles. The minimum atomic E-state index is -0.158. The molecule has 1 N–H and O–H groups in total. The Morgan fingerprint density at radius 2 is 1.58 bits per heavy atom. The Hall–Kier alpha value is -0.530. The maximum Gasteiger partial charge on any atom is 0.225 e. The lowest BCUT2D eigenvalue weighted by Gasteiger charge is -2.23. The molecule has 0 saturated heterocycles. The summed E-state index contributed by atoms with van der Waals surface area (Å²) in [5, 5.41) is 2.67. The third-order valence-corrected chi connectivity index (χ3v) is 2.34. The summed E-state index contributed by atoms with van der Waals surface area (Å²) < 4.78 is 0. The number of rotatable bonds is 3. The van der Waals surface area contributed by atoms with E-state index in [-0.39, 0.29) is 11.3 Å². The van der Waals surface area contributed by atoms with E-state index < -0.39 is 0 Å². The fourth-order valence-corrected chi connectivity index (χ4v) is 0.873. The summed E-state index contributed by atoms with van der Waals surface area (Å²) in [5.74, 6) is 0.150. The Bertz CT molecular complexity index is 117. The van der Waals surface area contributed by atoms with Crippen LogP contribution in [0.25, 0.3) is 0 Å². The van der Waals surface area contributed by atoms with Gasteiger partial charge in [0.2, 0.25) is 5.91 Å². The van der Waals surface area contributed by atoms with Crippen LogP contribution in [0.1, 0.15) is 47.5 Å². The van der Waals surface area contributed by atoms with Crippen LogP contribution in [0.5, 0.6) is 0 Å². The Kier molecular flexibility index (Phi) is 8.34. The summed E-state index contributed by atoms with van der Waals surface area (Å²) in [6.45, 7) is 10.1. The summed E-state index contributed by atoms with van der Waals surface area (Å²) in [6.07, 6.45) is 1.81. The molecule has 74 valence electrons. The van der Waals surface area contributed by atoms with Gasteiger partial charge < -0.3 is 5.32 Å². The van der Waals surface area contributed by atoms with Crippen LogP contribution in [0.2, 0.25) is 0 Å². The van der Waals surface area contributed by atoms with E-state index in [1.54, 1.807) is 7.05 Å². The molecule has 0 aliphatic rings. The van der Waals surface area contributed by atoms with Crippen LogP contribution in [0.4, 0.5) is 0 Å². The van der Waals surface area contributed by atoms with E-state index in [0.29, 0.717) is 0 Å². The van der Waals surface area contributed by atoms with Crippen molar-refractivity contribution in [1.29, 1.82) is 0 Å². The predicted octanol–water partition coefficient (Wildman–Crippen LogP) is 2.58. The molecule has 2 heteroatoms. The summed E-state index contributed by atoms with van der Waals surface area (Å²) >= 11 is 0. The van der Waals surface area contributed by atoms with Gasteiger partial charge in [-0.1, -0.05) is 34.6 Å². The molecule has 0 aromatic carbocycles. The maximum absolute atomic E-state index is 11.2. The molecular weight excluding hydrogens is 150 g/mol. The fraction of sp³-hybridized carbons (Fsp3) is 0.900. The average Bonchev–Trinajstić information content (AvgIpc) is 2.18. The van der Waals surface area contributed by atoms with Gasteiger partial charge in [-0.05, 0) is 12.8 Å². The van der Waals surface area contributed by atoms with E-state index >= 15 is 0 Å². The number of hydrogen-bond acceptors (Lipinski definition) is 1. The Morgan fingerprint density at radius 3 is 1.67 bits per heavy atom. The van der Waals surface area contributed by atoms with E-state index in [2.05, 4.69) is 5.32 Å². The van der Waals surface area contributed by atoms with Crippen LogP contribution in [0.3, 0.4) is 0 Å². The number of hydrogen-bond donors (Lipinski definition) is 1. The number of carbonyl (C=O) groups excluding carboxylic acids is 1. The molecule has 0 unspecified atom stereocenters. The second-order valence-corrected chi connectivity index (χ2v) is 2.85. The van der Waals surface area contributed by atoms with Crippen molar-refractivity contribution in [1.82, 2.24) is 5.32 Å². The van der Waals surface area contributed by atoms with E-state index in [9.17, 15) is 4.79 Å². The largest absolute Gasteiger partial charge is 0.359 e. The van der Waals surface area contributed by atoms with Crippen LogP contribution >= 0.6 is 0 Å². The van der Waals surface area contributed by atoms with E-state index in [1.165, 1.54) is 0 Å². The average molecular weight is 173 g/mol. The van der Waals surface area contributed by atoms with Gasteiger partial charge in [0.05, 0.1) is 0 Å². The van der Waals surface area contributed by atoms with E-state index in [0.717, 1.165) is 12.8 Å². The first-order valence-electron chi connectivity index (χ1n) is 4.83. The first-order chi connectivity index (χ1) is 5.60. The minimum absolute atomic E-state index is 0.150. The Labute approximate surface area is 76.7 Å². The molecule has 0 rings (SSSR count). The molecule has 1 amide bonds. The molecule has 0 aliphatic carbocycles. The van der Waals surface area contributed by atoms with Gasteiger partial charge in [-0.25, -0.2) is 0 Å². The highest BCUT2D eigenvalue weighted by Crippen LogP contribution is 2.24. The molecule has 0 aromatic heterocycles. The van der Waals surface area contributed by atoms with Gasteiger partial charge in [-0.3, -0.25) is 4.79 Å². The third kappa shape index (κ3) is 3.74. The molecule has 0 atom stereocenters. The molecule has 0 saturated carbocycles. The maximum atomic E-state index is 11.2. The smallest absolute Gasteiger partial charge is 0.225 e. The fourth-order valence-electron chi connectivity index (χ4n) is 0.873. The SMILES string of the molecule is CC.CCC(C)(CC)C(=O)NC. The minimum Gasteiger partial charge on any atom is -0.359 e. The van der Waals surface area contributed by atoms with Crippen molar-refractivity contribution < 1.29 is 4.79 Å². The molecular formula is C10H23NO. The van der Waals surface area contributed by atoms with Gasteiger partial charge in [-0.2, -0.15) is 0 Å². The standard InChI is InChI=1S/C8H17NO.C2H6/c1-5-8(3,6-2)7(10)9-4;1-2/h5-6H2,1-4H3,(H,9,10);1-2H3. The van der Waals surface area contributed by atoms with Crippen molar-refractivity contribution in [3.63, 3.8) is 0 Å². The van der Waals surface area contributed by atoms with Gasteiger partial charge in [0.1, 0.15) is 0 Å². The first kappa shape index (κ1) is 14.0. The molecule has 2 nitrogen and oxygen atoms in total. The molecule has 0 fully saturated rings. The number of carbonyl (C=O) groups is 1. The molecule has 0 spiro atoms. The summed E-state index contributed by atoms with van der Waals surface area (Å²) in [6, 6.07) is 0. The van der Waals surface area contributed by atoms with Crippen LogP contribution in [-0.2, 0) is 4.79 Å². The summed E-state index contributed by atoms with van der Waals surface area (Å²) in [5.41, 5.74) is -0.158. The van der Waals surface area contributed by atoms with Crippen molar-refractivity contribution in [2.45, 2.75) is 47.5 Å². The van der Waals surface area contributed by atoms with Crippen molar-refractivity contribution in [3.8, 4) is 0 Å². The lowest BCUT2D eigenvalue weighted by molar-refractivity contribution is -0.130. The zero-order valence-electron chi connectivity index (χ0n) is 9.32. The molecule has 0 aromatic rings. The van der Waals surface area contributed by atoms with Gasteiger partial charge in [0.25, 0.3) is 0 Å². The highest BCUT2D eigenvalue weighted by molar-refractivity contribution is 5.81. The predicted molar refractivity (Wildman–Crippen MR) is 54.1 cm³/mol. The van der Waals surface area contributed by atoms with Gasteiger partial charge in [0, 0.05) is 12.5 Å². The summed E-state index contributed by atoms with van der Waals surface area (Å²) in [4.78, 5) is 11.2. The monoisotopic (exact) mass is 173 g/mol. The van der Waals surface area contributed by atoms with Crippen LogP contribution in [0, 0.1) is 5.41 Å². The van der Waals surface area contributed by atoms with E-state index in [4.69, 9.17) is 0 Å². The molecule has 0 bridgehead atoms. The number of amides is 1. The third-order valence-electron chi connectivity index (χ3n) is 2.34. The Balaban J connectivity index is 0. The number of nitrogens with one attached hydrogen (secondary N) is 1. The van der Waals surface area contributed by atoms with Crippen LogP contribution in [0.15, 0.2) is 0 Å². The van der Waals surface area contributed by atoms with Crippen molar-refractivity contribution in [3.05, 3.63) is 0 Å². The highest BCUT2D eigenvalue weighted by atomic mass is 16.2. The highest BCUT2D eigenvalue weighted by Gasteiger charge is 2.27. The van der Waals surface area contributed by atoms with Gasteiger partial charge in [0.15, 0.2) is 0 Å². The van der Waals surface area contributed by atoms with Gasteiger partial charge >= 0.3 is 0 Å². The Morgan fingerprint density at radius 1 is 1.25 bits per heavy atom. The first-order valence-corrected chi connectivity index (χ1v) is 4.83. The lowest BCUT2D eigenvalue weighted by atomic mass is 9.84. The quantitative estimate of drug-likeness (QED) is 0.698. The second kappa shape index (κ2) is 7.14. The zero-order valence-corrected chi connectivity index (χ0v) is 9.32. The van der Waals surface area contributed by atoms with Crippen molar-refractivity contribution in [2.75, 3.05) is 7.05 Å². The lowest BCUT2D eigenvalue weighted by Crippen LogP contribution is -2.35. The van der Waals surface area contributed by atoms with Crippen molar-refractivity contribution >= 4 is 5.91 Å². The van der Waals surface area contributed by atoms with Crippen LogP contribution in [-0.4, -0.2) is 13.0 Å². The van der Waals surface area contributed by atoms with E-state index in [1.807, 2.05) is 34.6 Å². The zero-order chi connectivity index (χ0) is 10.2. The molecule has 12 heavy (non-hydrogen) atoms. The summed E-state index contributed by atoms with van der Waals surface area (Å²) in [7, 11) is 1.69. The molecule has 0 heterocycles. The normalized spacial score (nSPS) is 9.83. The topological polar surface area (TPSA) is 29.1 Å². The van der Waals surface area contributed by atoms with Gasteiger partial charge in [-0.15, -0.1) is 0 Å². The van der Waals surface area contributed by atoms with Crippen molar-refractivity contribution in [2.24, 2.45) is 5.41 Å². The molecule has 0 radical (unpaired) electrons.